The van der Waals surface area contributed by atoms with Crippen molar-refractivity contribution in [2.45, 2.75) is 6.92 Å². The molecule has 26 heavy (non-hydrogen) atoms. The van der Waals surface area contributed by atoms with E-state index in [-0.39, 0.29) is 12.5 Å². The molecule has 1 heterocycles. The Balaban J connectivity index is 1.68. The zero-order chi connectivity index (χ0) is 18.5. The third-order valence-corrected chi connectivity index (χ3v) is 3.86. The first kappa shape index (κ1) is 17.8. The predicted octanol–water partition coefficient (Wildman–Crippen LogP) is 4.22. The van der Waals surface area contributed by atoms with Crippen molar-refractivity contribution in [3.8, 4) is 11.5 Å². The van der Waals surface area contributed by atoms with Gasteiger partial charge in [0.15, 0.2) is 5.75 Å². The van der Waals surface area contributed by atoms with E-state index in [1.54, 1.807) is 36.0 Å². The maximum atomic E-state index is 12.2. The van der Waals surface area contributed by atoms with E-state index < -0.39 is 0 Å². The van der Waals surface area contributed by atoms with E-state index in [1.165, 1.54) is 0 Å². The molecule has 2 N–H and O–H groups in total. The molecule has 3 rings (SSSR count). The van der Waals surface area contributed by atoms with Crippen molar-refractivity contribution in [2.24, 2.45) is 7.05 Å². The summed E-state index contributed by atoms with van der Waals surface area (Å²) in [5, 5.41) is 10.6. The minimum atomic E-state index is -0.196. The Kier molecular flexibility index (Phi) is 5.43. The molecule has 3 aromatic rings. The summed E-state index contributed by atoms with van der Waals surface area (Å²) in [5.74, 6) is 1.73. The van der Waals surface area contributed by atoms with Crippen LogP contribution in [0.4, 0.5) is 11.5 Å². The van der Waals surface area contributed by atoms with E-state index in [1.807, 2.05) is 37.3 Å². The topological polar surface area (TPSA) is 68.2 Å². The number of amides is 1. The first-order valence-corrected chi connectivity index (χ1v) is 8.46. The molecule has 134 valence electrons. The second kappa shape index (κ2) is 7.93. The number of anilines is 2. The van der Waals surface area contributed by atoms with E-state index in [0.29, 0.717) is 28.0 Å². The molecule has 0 spiro atoms. The van der Waals surface area contributed by atoms with Gasteiger partial charge in [-0.05, 0) is 37.3 Å². The van der Waals surface area contributed by atoms with Crippen LogP contribution in [0.2, 0.25) is 5.02 Å². The fourth-order valence-corrected chi connectivity index (χ4v) is 2.61. The molecule has 6 nitrogen and oxygen atoms in total. The lowest BCUT2D eigenvalue weighted by Crippen LogP contribution is -2.23. The van der Waals surface area contributed by atoms with Crippen molar-refractivity contribution < 1.29 is 9.53 Å². The quantitative estimate of drug-likeness (QED) is 0.681. The van der Waals surface area contributed by atoms with Gasteiger partial charge in [0.25, 0.3) is 0 Å². The SMILES string of the molecule is Cc1cc(NC(=O)CNc2cc(Cl)ccc2Oc2ccccc2)n(C)n1. The monoisotopic (exact) mass is 370 g/mol. The van der Waals surface area contributed by atoms with Gasteiger partial charge < -0.3 is 15.4 Å². The third kappa shape index (κ3) is 4.55. The highest BCUT2D eigenvalue weighted by molar-refractivity contribution is 6.31. The average molecular weight is 371 g/mol. The van der Waals surface area contributed by atoms with E-state index in [2.05, 4.69) is 15.7 Å². The molecule has 0 saturated heterocycles. The highest BCUT2D eigenvalue weighted by Gasteiger charge is 2.10. The minimum Gasteiger partial charge on any atom is -0.455 e. The summed E-state index contributed by atoms with van der Waals surface area (Å²) in [5.41, 5.74) is 1.47. The van der Waals surface area contributed by atoms with Gasteiger partial charge in [0.05, 0.1) is 17.9 Å². The van der Waals surface area contributed by atoms with E-state index in [0.717, 1.165) is 5.69 Å². The minimum absolute atomic E-state index is 0.0652. The lowest BCUT2D eigenvalue weighted by Gasteiger charge is -2.13. The van der Waals surface area contributed by atoms with Crippen LogP contribution in [0.15, 0.2) is 54.6 Å². The Morgan fingerprint density at radius 1 is 1.19 bits per heavy atom. The highest BCUT2D eigenvalue weighted by atomic mass is 35.5. The number of aryl methyl sites for hydroxylation is 2. The second-order valence-corrected chi connectivity index (χ2v) is 6.19. The number of hydrogen-bond acceptors (Lipinski definition) is 4. The highest BCUT2D eigenvalue weighted by Crippen LogP contribution is 2.31. The molecule has 0 unspecified atom stereocenters. The lowest BCUT2D eigenvalue weighted by molar-refractivity contribution is -0.114. The Labute approximate surface area is 156 Å². The maximum absolute atomic E-state index is 12.2. The molecule has 0 atom stereocenters. The van der Waals surface area contributed by atoms with Gasteiger partial charge in [-0.1, -0.05) is 29.8 Å². The van der Waals surface area contributed by atoms with Crippen LogP contribution in [-0.2, 0) is 11.8 Å². The van der Waals surface area contributed by atoms with Crippen molar-refractivity contribution in [1.29, 1.82) is 0 Å². The van der Waals surface area contributed by atoms with Crippen LogP contribution in [-0.4, -0.2) is 22.2 Å². The molecule has 2 aromatic carbocycles. The van der Waals surface area contributed by atoms with Crippen molar-refractivity contribution in [3.63, 3.8) is 0 Å². The summed E-state index contributed by atoms with van der Waals surface area (Å²) in [7, 11) is 1.78. The molecule has 0 bridgehead atoms. The molecule has 7 heteroatoms. The second-order valence-electron chi connectivity index (χ2n) is 5.75. The smallest absolute Gasteiger partial charge is 0.244 e. The van der Waals surface area contributed by atoms with E-state index in [9.17, 15) is 4.79 Å². The molecule has 0 aliphatic heterocycles. The first-order valence-electron chi connectivity index (χ1n) is 8.08. The fourth-order valence-electron chi connectivity index (χ4n) is 2.43. The molecule has 1 amide bonds. The number of rotatable bonds is 6. The fraction of sp³-hybridized carbons (Fsp3) is 0.158. The Hall–Kier alpha value is -2.99. The number of hydrogen-bond donors (Lipinski definition) is 2. The molecular weight excluding hydrogens is 352 g/mol. The maximum Gasteiger partial charge on any atom is 0.244 e. The normalized spacial score (nSPS) is 10.4. The number of halogens is 1. The largest absolute Gasteiger partial charge is 0.455 e. The zero-order valence-corrected chi connectivity index (χ0v) is 15.2. The summed E-state index contributed by atoms with van der Waals surface area (Å²) >= 11 is 6.08. The molecule has 0 aliphatic rings. The molecule has 0 fully saturated rings. The number of aromatic nitrogens is 2. The number of benzene rings is 2. The predicted molar refractivity (Wildman–Crippen MR) is 103 cm³/mol. The number of nitrogens with zero attached hydrogens (tertiary/aromatic N) is 2. The van der Waals surface area contributed by atoms with Gasteiger partial charge in [-0.15, -0.1) is 0 Å². The summed E-state index contributed by atoms with van der Waals surface area (Å²) in [6.07, 6.45) is 0. The van der Waals surface area contributed by atoms with Gasteiger partial charge in [-0.2, -0.15) is 5.10 Å². The van der Waals surface area contributed by atoms with Gasteiger partial charge in [0, 0.05) is 18.1 Å². The number of carbonyl (C=O) groups is 1. The Morgan fingerprint density at radius 2 is 1.96 bits per heavy atom. The standard InChI is InChI=1S/C19H19ClN4O2/c1-13-10-18(24(2)23-13)22-19(25)12-21-16-11-14(20)8-9-17(16)26-15-6-4-3-5-7-15/h3-11,21H,12H2,1-2H3,(H,22,25). The molecule has 0 radical (unpaired) electrons. The number of nitrogens with one attached hydrogen (secondary N) is 2. The molecular formula is C19H19ClN4O2. The van der Waals surface area contributed by atoms with Crippen LogP contribution in [0.1, 0.15) is 5.69 Å². The number of para-hydroxylation sites is 1. The van der Waals surface area contributed by atoms with Crippen LogP contribution in [0.3, 0.4) is 0 Å². The van der Waals surface area contributed by atoms with Crippen molar-refractivity contribution in [2.75, 3.05) is 17.2 Å². The van der Waals surface area contributed by atoms with E-state index in [4.69, 9.17) is 16.3 Å². The summed E-state index contributed by atoms with van der Waals surface area (Å²) < 4.78 is 7.49. The zero-order valence-electron chi connectivity index (χ0n) is 14.5. The molecule has 1 aromatic heterocycles. The van der Waals surface area contributed by atoms with Crippen LogP contribution in [0, 0.1) is 6.92 Å². The number of carbonyl (C=O) groups excluding carboxylic acids is 1. The molecule has 0 aliphatic carbocycles. The van der Waals surface area contributed by atoms with Crippen molar-refractivity contribution in [3.05, 3.63) is 65.3 Å². The first-order chi connectivity index (χ1) is 12.5. The van der Waals surface area contributed by atoms with E-state index >= 15 is 0 Å². The summed E-state index contributed by atoms with van der Waals surface area (Å²) in [4.78, 5) is 12.2. The number of ether oxygens (including phenoxy) is 1. The Morgan fingerprint density at radius 3 is 2.65 bits per heavy atom. The van der Waals surface area contributed by atoms with Gasteiger partial charge in [-0.25, -0.2) is 0 Å². The summed E-state index contributed by atoms with van der Waals surface area (Å²) in [6, 6.07) is 16.4. The van der Waals surface area contributed by atoms with Crippen LogP contribution in [0.25, 0.3) is 0 Å². The van der Waals surface area contributed by atoms with Crippen molar-refractivity contribution in [1.82, 2.24) is 9.78 Å². The summed E-state index contributed by atoms with van der Waals surface area (Å²) in [6.45, 7) is 1.93. The van der Waals surface area contributed by atoms with Gasteiger partial charge in [-0.3, -0.25) is 9.48 Å². The van der Waals surface area contributed by atoms with Gasteiger partial charge in [0.2, 0.25) is 5.91 Å². The average Bonchev–Trinajstić information content (AvgIpc) is 2.93. The van der Waals surface area contributed by atoms with Gasteiger partial charge >= 0.3 is 0 Å². The van der Waals surface area contributed by atoms with Gasteiger partial charge in [0.1, 0.15) is 11.6 Å². The van der Waals surface area contributed by atoms with Crippen LogP contribution in [0.5, 0.6) is 11.5 Å². The third-order valence-electron chi connectivity index (χ3n) is 3.62. The van der Waals surface area contributed by atoms with Crippen molar-refractivity contribution >= 4 is 29.0 Å². The Bertz CT molecular complexity index is 909. The lowest BCUT2D eigenvalue weighted by atomic mass is 10.2. The van der Waals surface area contributed by atoms with Crippen LogP contribution < -0.4 is 15.4 Å². The van der Waals surface area contributed by atoms with Crippen LogP contribution >= 0.6 is 11.6 Å². The molecule has 0 saturated carbocycles.